The van der Waals surface area contributed by atoms with Gasteiger partial charge in [0.25, 0.3) is 0 Å². The molecule has 0 bridgehead atoms. The Balaban J connectivity index is 2.90. The van der Waals surface area contributed by atoms with E-state index in [2.05, 4.69) is 9.98 Å². The van der Waals surface area contributed by atoms with Crippen LogP contribution in [-0.2, 0) is 0 Å². The lowest BCUT2D eigenvalue weighted by Gasteiger charge is -1.97. The van der Waals surface area contributed by atoms with Gasteiger partial charge in [-0.2, -0.15) is 4.99 Å². The number of amidine groups is 1. The molecule has 5 heteroatoms. The van der Waals surface area contributed by atoms with Gasteiger partial charge < -0.3 is 16.6 Å². The number of hydrogen-bond acceptors (Lipinski definition) is 2. The van der Waals surface area contributed by atoms with E-state index in [-0.39, 0.29) is 18.4 Å². The maximum atomic E-state index is 8.89. The van der Waals surface area contributed by atoms with E-state index >= 15 is 0 Å². The average Bonchev–Trinajstić information content (AvgIpc) is 2.17. The number of guanidine groups is 1. The first-order valence-corrected chi connectivity index (χ1v) is 4.05. The Hall–Kier alpha value is -1.88. The topological polar surface area (TPSA) is 97.0 Å². The van der Waals surface area contributed by atoms with Gasteiger partial charge in [-0.15, -0.1) is 0 Å². The SMILES string of the molecule is NC(N)=NC(CO)=Nc1ccccc1. The summed E-state index contributed by atoms with van der Waals surface area (Å²) >= 11 is 0. The van der Waals surface area contributed by atoms with Crippen LogP contribution in [0.1, 0.15) is 0 Å². The predicted molar refractivity (Wildman–Crippen MR) is 56.4 cm³/mol. The molecule has 1 rings (SSSR count). The van der Waals surface area contributed by atoms with Crippen LogP contribution in [0, 0.1) is 0 Å². The maximum absolute atomic E-state index is 8.89. The van der Waals surface area contributed by atoms with Gasteiger partial charge >= 0.3 is 0 Å². The molecule has 5 nitrogen and oxygen atoms in total. The second kappa shape index (κ2) is 4.98. The molecule has 0 aliphatic rings. The van der Waals surface area contributed by atoms with Gasteiger partial charge in [0.1, 0.15) is 6.61 Å². The van der Waals surface area contributed by atoms with Crippen molar-refractivity contribution in [1.82, 2.24) is 0 Å². The molecule has 1 aromatic rings. The Labute approximate surface area is 81.8 Å². The highest BCUT2D eigenvalue weighted by molar-refractivity contribution is 5.96. The summed E-state index contributed by atoms with van der Waals surface area (Å²) in [6, 6.07) is 9.13. The number of rotatable bonds is 2. The minimum absolute atomic E-state index is 0.117. The van der Waals surface area contributed by atoms with Crippen LogP contribution in [0.4, 0.5) is 5.69 Å². The monoisotopic (exact) mass is 192 g/mol. The van der Waals surface area contributed by atoms with Crippen molar-refractivity contribution < 1.29 is 5.11 Å². The van der Waals surface area contributed by atoms with Gasteiger partial charge in [0.2, 0.25) is 0 Å². The van der Waals surface area contributed by atoms with E-state index in [1.165, 1.54) is 0 Å². The van der Waals surface area contributed by atoms with Gasteiger partial charge in [-0.1, -0.05) is 18.2 Å². The first-order valence-electron chi connectivity index (χ1n) is 4.05. The summed E-state index contributed by atoms with van der Waals surface area (Å²) in [4.78, 5) is 7.70. The van der Waals surface area contributed by atoms with Crippen molar-refractivity contribution in [3.8, 4) is 0 Å². The van der Waals surface area contributed by atoms with E-state index in [4.69, 9.17) is 16.6 Å². The third-order valence-corrected chi connectivity index (χ3v) is 1.41. The summed E-state index contributed by atoms with van der Waals surface area (Å²) < 4.78 is 0. The molecule has 0 amide bonds. The van der Waals surface area contributed by atoms with E-state index in [0.717, 1.165) is 0 Å². The van der Waals surface area contributed by atoms with Crippen molar-refractivity contribution in [3.63, 3.8) is 0 Å². The number of aliphatic imine (C=N–C) groups is 2. The first-order chi connectivity index (χ1) is 6.72. The third-order valence-electron chi connectivity index (χ3n) is 1.41. The number of para-hydroxylation sites is 1. The number of nitrogens with zero attached hydrogens (tertiary/aromatic N) is 2. The van der Waals surface area contributed by atoms with Crippen LogP contribution >= 0.6 is 0 Å². The Morgan fingerprint density at radius 1 is 1.21 bits per heavy atom. The molecule has 0 saturated carbocycles. The normalized spacial score (nSPS) is 11.1. The first kappa shape index (κ1) is 10.2. The van der Waals surface area contributed by atoms with Crippen LogP contribution in [0.3, 0.4) is 0 Å². The molecule has 0 atom stereocenters. The van der Waals surface area contributed by atoms with Gasteiger partial charge in [0.05, 0.1) is 5.69 Å². The van der Waals surface area contributed by atoms with Crippen molar-refractivity contribution in [3.05, 3.63) is 30.3 Å². The number of aliphatic hydroxyl groups is 1. The summed E-state index contributed by atoms with van der Waals surface area (Å²) in [5.41, 5.74) is 11.0. The predicted octanol–water partition coefficient (Wildman–Crippen LogP) is -0.0177. The summed E-state index contributed by atoms with van der Waals surface area (Å²) in [5, 5.41) is 8.89. The third kappa shape index (κ3) is 3.24. The largest absolute Gasteiger partial charge is 0.388 e. The van der Waals surface area contributed by atoms with E-state index in [1.54, 1.807) is 12.1 Å². The molecule has 74 valence electrons. The van der Waals surface area contributed by atoms with Crippen LogP contribution in [0.5, 0.6) is 0 Å². The fraction of sp³-hybridized carbons (Fsp3) is 0.111. The van der Waals surface area contributed by atoms with Crippen LogP contribution < -0.4 is 11.5 Å². The van der Waals surface area contributed by atoms with Crippen LogP contribution in [0.2, 0.25) is 0 Å². The lowest BCUT2D eigenvalue weighted by atomic mass is 10.3. The number of hydrogen-bond donors (Lipinski definition) is 3. The summed E-state index contributed by atoms with van der Waals surface area (Å²) in [5.74, 6) is 0.0740. The summed E-state index contributed by atoms with van der Waals surface area (Å²) in [7, 11) is 0. The smallest absolute Gasteiger partial charge is 0.192 e. The average molecular weight is 192 g/mol. The Bertz CT molecular complexity index is 341. The molecule has 1 aromatic carbocycles. The van der Waals surface area contributed by atoms with E-state index in [9.17, 15) is 0 Å². The molecule has 0 radical (unpaired) electrons. The number of nitrogens with two attached hydrogens (primary N) is 2. The van der Waals surface area contributed by atoms with Crippen LogP contribution in [0.15, 0.2) is 40.3 Å². The zero-order valence-electron chi connectivity index (χ0n) is 7.59. The summed E-state index contributed by atoms with van der Waals surface area (Å²) in [6.45, 7) is -0.299. The number of aliphatic hydroxyl groups excluding tert-OH is 1. The second-order valence-electron chi connectivity index (χ2n) is 2.56. The molecule has 0 fully saturated rings. The lowest BCUT2D eigenvalue weighted by Crippen LogP contribution is -2.24. The molecule has 0 spiro atoms. The van der Waals surface area contributed by atoms with Crippen LogP contribution in [0.25, 0.3) is 0 Å². The van der Waals surface area contributed by atoms with Gasteiger partial charge in [-0.25, -0.2) is 4.99 Å². The van der Waals surface area contributed by atoms with Crippen molar-refractivity contribution >= 4 is 17.5 Å². The quantitative estimate of drug-likeness (QED) is 0.454. The highest BCUT2D eigenvalue weighted by atomic mass is 16.3. The van der Waals surface area contributed by atoms with E-state index < -0.39 is 0 Å². The summed E-state index contributed by atoms with van der Waals surface area (Å²) in [6.07, 6.45) is 0. The zero-order valence-corrected chi connectivity index (χ0v) is 7.59. The molecule has 14 heavy (non-hydrogen) atoms. The van der Waals surface area contributed by atoms with Crippen LogP contribution in [-0.4, -0.2) is 23.5 Å². The minimum atomic E-state index is -0.299. The molecule has 0 aromatic heterocycles. The lowest BCUT2D eigenvalue weighted by molar-refractivity contribution is 0.356. The van der Waals surface area contributed by atoms with E-state index in [1.807, 2.05) is 18.2 Å². The van der Waals surface area contributed by atoms with Gasteiger partial charge in [-0.05, 0) is 12.1 Å². The molecule has 0 aliphatic carbocycles. The zero-order chi connectivity index (χ0) is 10.4. The standard InChI is InChI=1S/C9H12N4O/c10-9(11)13-8(6-14)12-7-4-2-1-3-5-7/h1-5,14H,6H2,(H4,10,11,12,13). The van der Waals surface area contributed by atoms with Crippen molar-refractivity contribution in [1.29, 1.82) is 0 Å². The molecular weight excluding hydrogens is 180 g/mol. The molecular formula is C9H12N4O. The highest BCUT2D eigenvalue weighted by Gasteiger charge is 1.95. The van der Waals surface area contributed by atoms with Gasteiger partial charge in [0, 0.05) is 0 Å². The van der Waals surface area contributed by atoms with Crippen molar-refractivity contribution in [2.24, 2.45) is 21.5 Å². The Kier molecular flexibility index (Phi) is 3.63. The van der Waals surface area contributed by atoms with Crippen molar-refractivity contribution in [2.45, 2.75) is 0 Å². The van der Waals surface area contributed by atoms with Gasteiger partial charge in [0.15, 0.2) is 11.8 Å². The molecule has 0 aliphatic heterocycles. The maximum Gasteiger partial charge on any atom is 0.192 e. The number of benzene rings is 1. The molecule has 0 saturated heterocycles. The fourth-order valence-electron chi connectivity index (χ4n) is 0.896. The van der Waals surface area contributed by atoms with Gasteiger partial charge in [-0.3, -0.25) is 0 Å². The molecule has 5 N–H and O–H groups in total. The Morgan fingerprint density at radius 2 is 1.86 bits per heavy atom. The molecule has 0 unspecified atom stereocenters. The second-order valence-corrected chi connectivity index (χ2v) is 2.56. The highest BCUT2D eigenvalue weighted by Crippen LogP contribution is 2.09. The van der Waals surface area contributed by atoms with E-state index in [0.29, 0.717) is 5.69 Å². The Morgan fingerprint density at radius 3 is 2.36 bits per heavy atom. The fourth-order valence-corrected chi connectivity index (χ4v) is 0.896. The molecule has 0 heterocycles. The minimum Gasteiger partial charge on any atom is -0.388 e. The van der Waals surface area contributed by atoms with Crippen molar-refractivity contribution in [2.75, 3.05) is 6.61 Å².